The molecule has 0 radical (unpaired) electrons. The van der Waals surface area contributed by atoms with Crippen molar-refractivity contribution >= 4 is 15.7 Å². The fourth-order valence-corrected chi connectivity index (χ4v) is 3.55. The number of hydrogen-bond donors (Lipinski definition) is 1. The highest BCUT2D eigenvalue weighted by Gasteiger charge is 2.22. The summed E-state index contributed by atoms with van der Waals surface area (Å²) >= 11 is 0. The summed E-state index contributed by atoms with van der Waals surface area (Å²) in [7, 11) is -1.87. The highest BCUT2D eigenvalue weighted by molar-refractivity contribution is 7.89. The third-order valence-electron chi connectivity index (χ3n) is 3.45. The Bertz CT molecular complexity index is 712. The van der Waals surface area contributed by atoms with Crippen LogP contribution in [0.25, 0.3) is 0 Å². The molecule has 2 aromatic carbocycles. The smallest absolute Gasteiger partial charge is 0.243 e. The molecule has 21 heavy (non-hydrogen) atoms. The van der Waals surface area contributed by atoms with Gasteiger partial charge in [-0.05, 0) is 42.7 Å². The van der Waals surface area contributed by atoms with Gasteiger partial charge in [-0.2, -0.15) is 0 Å². The number of anilines is 1. The summed E-state index contributed by atoms with van der Waals surface area (Å²) in [6, 6.07) is 14.7. The van der Waals surface area contributed by atoms with E-state index in [1.807, 2.05) is 30.3 Å². The van der Waals surface area contributed by atoms with Crippen LogP contribution in [0.2, 0.25) is 0 Å². The lowest BCUT2D eigenvalue weighted by Gasteiger charge is -2.18. The van der Waals surface area contributed by atoms with Crippen molar-refractivity contribution in [3.8, 4) is 0 Å². The molecule has 2 aromatic rings. The molecule has 0 heterocycles. The van der Waals surface area contributed by atoms with Gasteiger partial charge in [-0.1, -0.05) is 30.3 Å². The van der Waals surface area contributed by atoms with Crippen molar-refractivity contribution in [2.24, 2.45) is 0 Å². The summed E-state index contributed by atoms with van der Waals surface area (Å²) in [6.45, 7) is 2.20. The van der Waals surface area contributed by atoms with E-state index in [9.17, 15) is 8.42 Å². The number of rotatable bonds is 5. The van der Waals surface area contributed by atoms with E-state index in [2.05, 4.69) is 0 Å². The van der Waals surface area contributed by atoms with Gasteiger partial charge in [-0.15, -0.1) is 0 Å². The van der Waals surface area contributed by atoms with Crippen molar-refractivity contribution in [3.63, 3.8) is 0 Å². The van der Waals surface area contributed by atoms with E-state index in [1.54, 1.807) is 32.2 Å². The Balaban J connectivity index is 2.15. The second kappa shape index (κ2) is 6.28. The van der Waals surface area contributed by atoms with Gasteiger partial charge >= 0.3 is 0 Å². The van der Waals surface area contributed by atoms with Gasteiger partial charge in [0.15, 0.2) is 0 Å². The van der Waals surface area contributed by atoms with E-state index in [0.29, 0.717) is 29.1 Å². The quantitative estimate of drug-likeness (QED) is 0.863. The molecule has 5 heteroatoms. The Morgan fingerprint density at radius 1 is 1.10 bits per heavy atom. The molecule has 0 amide bonds. The zero-order valence-corrected chi connectivity index (χ0v) is 13.1. The zero-order valence-electron chi connectivity index (χ0n) is 12.3. The van der Waals surface area contributed by atoms with Gasteiger partial charge < -0.3 is 5.73 Å². The summed E-state index contributed by atoms with van der Waals surface area (Å²) in [5.74, 6) is 0. The van der Waals surface area contributed by atoms with Crippen LogP contribution in [0.4, 0.5) is 5.69 Å². The second-order valence-corrected chi connectivity index (χ2v) is 7.10. The predicted molar refractivity (Wildman–Crippen MR) is 85.6 cm³/mol. The van der Waals surface area contributed by atoms with E-state index in [4.69, 9.17) is 5.73 Å². The third kappa shape index (κ3) is 3.62. The van der Waals surface area contributed by atoms with Gasteiger partial charge in [0.2, 0.25) is 10.0 Å². The van der Waals surface area contributed by atoms with E-state index in [0.717, 1.165) is 5.56 Å². The number of likely N-dealkylation sites (N-methyl/N-ethyl adjacent to an activating group) is 1. The molecule has 0 fully saturated rings. The number of benzene rings is 2. The summed E-state index contributed by atoms with van der Waals surface area (Å²) in [5, 5.41) is 0. The SMILES string of the molecule is Cc1cc(N)ccc1S(=O)(=O)N(C)CCc1ccccc1. The molecule has 0 aliphatic rings. The first-order valence-electron chi connectivity index (χ1n) is 6.77. The molecule has 2 N–H and O–H groups in total. The van der Waals surface area contributed by atoms with Crippen LogP contribution in [-0.2, 0) is 16.4 Å². The Hall–Kier alpha value is -1.85. The average molecular weight is 304 g/mol. The minimum Gasteiger partial charge on any atom is -0.399 e. The maximum absolute atomic E-state index is 12.6. The van der Waals surface area contributed by atoms with Crippen molar-refractivity contribution in [1.29, 1.82) is 0 Å². The minimum atomic E-state index is -3.48. The summed E-state index contributed by atoms with van der Waals surface area (Å²) in [6.07, 6.45) is 0.685. The molecule has 0 aromatic heterocycles. The Morgan fingerprint density at radius 3 is 2.38 bits per heavy atom. The normalized spacial score (nSPS) is 11.8. The molecular weight excluding hydrogens is 284 g/mol. The molecule has 0 saturated heterocycles. The molecule has 0 atom stereocenters. The molecule has 0 saturated carbocycles. The van der Waals surface area contributed by atoms with Crippen LogP contribution in [0.3, 0.4) is 0 Å². The summed E-state index contributed by atoms with van der Waals surface area (Å²) < 4.78 is 26.5. The van der Waals surface area contributed by atoms with Crippen LogP contribution in [0, 0.1) is 6.92 Å². The summed E-state index contributed by atoms with van der Waals surface area (Å²) in [4.78, 5) is 0.312. The Labute approximate surface area is 126 Å². The lowest BCUT2D eigenvalue weighted by molar-refractivity contribution is 0.472. The van der Waals surface area contributed by atoms with E-state index in [-0.39, 0.29) is 0 Å². The number of nitrogens with zero attached hydrogens (tertiary/aromatic N) is 1. The van der Waals surface area contributed by atoms with Crippen LogP contribution < -0.4 is 5.73 Å². The number of hydrogen-bond acceptors (Lipinski definition) is 3. The molecule has 0 aliphatic heterocycles. The highest BCUT2D eigenvalue weighted by atomic mass is 32.2. The molecule has 0 spiro atoms. The second-order valence-electron chi connectivity index (χ2n) is 5.09. The van der Waals surface area contributed by atoms with Crippen molar-refractivity contribution in [2.75, 3.05) is 19.3 Å². The van der Waals surface area contributed by atoms with Gasteiger partial charge in [-0.25, -0.2) is 12.7 Å². The predicted octanol–water partition coefficient (Wildman–Crippen LogP) is 2.44. The molecule has 2 rings (SSSR count). The molecule has 0 aliphatic carbocycles. The van der Waals surface area contributed by atoms with Crippen molar-refractivity contribution < 1.29 is 8.42 Å². The third-order valence-corrected chi connectivity index (χ3v) is 5.46. The van der Waals surface area contributed by atoms with Crippen LogP contribution in [0.1, 0.15) is 11.1 Å². The van der Waals surface area contributed by atoms with Crippen molar-refractivity contribution in [2.45, 2.75) is 18.2 Å². The highest BCUT2D eigenvalue weighted by Crippen LogP contribution is 2.21. The van der Waals surface area contributed by atoms with Crippen LogP contribution in [-0.4, -0.2) is 26.3 Å². The first kappa shape index (κ1) is 15.5. The lowest BCUT2D eigenvalue weighted by Crippen LogP contribution is -2.29. The first-order valence-corrected chi connectivity index (χ1v) is 8.21. The van der Waals surface area contributed by atoms with Gasteiger partial charge in [0, 0.05) is 19.3 Å². The van der Waals surface area contributed by atoms with Gasteiger partial charge in [-0.3, -0.25) is 0 Å². The molecular formula is C16H20N2O2S. The average Bonchev–Trinajstić information content (AvgIpc) is 2.45. The van der Waals surface area contributed by atoms with E-state index >= 15 is 0 Å². The Kier molecular flexibility index (Phi) is 4.65. The van der Waals surface area contributed by atoms with Gasteiger partial charge in [0.1, 0.15) is 0 Å². The maximum Gasteiger partial charge on any atom is 0.243 e. The van der Waals surface area contributed by atoms with Gasteiger partial charge in [0.05, 0.1) is 4.90 Å². The number of aryl methyl sites for hydroxylation is 1. The minimum absolute atomic E-state index is 0.312. The zero-order chi connectivity index (χ0) is 15.5. The number of nitrogens with two attached hydrogens (primary N) is 1. The fraction of sp³-hybridized carbons (Fsp3) is 0.250. The molecule has 0 unspecified atom stereocenters. The maximum atomic E-state index is 12.6. The molecule has 4 nitrogen and oxygen atoms in total. The van der Waals surface area contributed by atoms with E-state index in [1.165, 1.54) is 4.31 Å². The standard InChI is InChI=1S/C16H20N2O2S/c1-13-12-15(17)8-9-16(13)21(19,20)18(2)11-10-14-6-4-3-5-7-14/h3-9,12H,10-11,17H2,1-2H3. The Morgan fingerprint density at radius 2 is 1.76 bits per heavy atom. The summed E-state index contributed by atoms with van der Waals surface area (Å²) in [5.41, 5.74) is 8.03. The number of sulfonamides is 1. The first-order chi connectivity index (χ1) is 9.91. The van der Waals surface area contributed by atoms with Crippen LogP contribution in [0.5, 0.6) is 0 Å². The lowest BCUT2D eigenvalue weighted by atomic mass is 10.2. The monoisotopic (exact) mass is 304 g/mol. The molecule has 0 bridgehead atoms. The van der Waals surface area contributed by atoms with Crippen molar-refractivity contribution in [3.05, 3.63) is 59.7 Å². The fourth-order valence-electron chi connectivity index (χ4n) is 2.18. The van der Waals surface area contributed by atoms with Gasteiger partial charge in [0.25, 0.3) is 0 Å². The largest absolute Gasteiger partial charge is 0.399 e. The number of nitrogen functional groups attached to an aromatic ring is 1. The van der Waals surface area contributed by atoms with E-state index < -0.39 is 10.0 Å². The van der Waals surface area contributed by atoms with Crippen molar-refractivity contribution in [1.82, 2.24) is 4.31 Å². The topological polar surface area (TPSA) is 63.4 Å². The molecule has 112 valence electrons. The van der Waals surface area contributed by atoms with Crippen LogP contribution in [0.15, 0.2) is 53.4 Å². The van der Waals surface area contributed by atoms with Crippen LogP contribution >= 0.6 is 0 Å².